The van der Waals surface area contributed by atoms with Crippen LogP contribution in [0.25, 0.3) is 50.3 Å². The number of para-hydroxylation sites is 2. The Balaban J connectivity index is 1.28. The summed E-state index contributed by atoms with van der Waals surface area (Å²) in [6.45, 7) is 3.17. The number of fused-ring (bicyclic) bond motifs is 3. The molecule has 0 aliphatic heterocycles. The number of hydrogen-bond acceptors (Lipinski definition) is 4. The predicted octanol–water partition coefficient (Wildman–Crippen LogP) is 11.8. The second kappa shape index (κ2) is 14.4. The number of aryl methyl sites for hydroxylation is 1. The molecule has 2 heterocycles. The van der Waals surface area contributed by atoms with Crippen molar-refractivity contribution in [1.29, 1.82) is 5.26 Å². The monoisotopic (exact) mass is 655 g/mol. The largest absolute Gasteiger partial charge is 0.477 e. The van der Waals surface area contributed by atoms with Crippen LogP contribution < -0.4 is 4.90 Å². The summed E-state index contributed by atoms with van der Waals surface area (Å²) in [5, 5.41) is 20.8. The lowest BCUT2D eigenvalue weighted by molar-refractivity contribution is -0.132. The predicted molar refractivity (Wildman–Crippen MR) is 203 cm³/mol. The van der Waals surface area contributed by atoms with Crippen LogP contribution in [0.3, 0.4) is 0 Å². The number of carboxylic acid groups (broad SMARTS) is 1. The van der Waals surface area contributed by atoms with Gasteiger partial charge in [0.2, 0.25) is 0 Å². The summed E-state index contributed by atoms with van der Waals surface area (Å²) in [5.74, 6) is -0.354. The second-order valence-corrected chi connectivity index (χ2v) is 12.4. The number of hydrogen-bond donors (Lipinski definition) is 1. The minimum Gasteiger partial charge on any atom is -0.477 e. The van der Waals surface area contributed by atoms with E-state index >= 15 is 0 Å². The highest BCUT2D eigenvalue weighted by Crippen LogP contribution is 2.38. The highest BCUT2D eigenvalue weighted by molar-refractivity contribution is 6.10. The van der Waals surface area contributed by atoms with Gasteiger partial charge in [0.1, 0.15) is 23.2 Å². The average Bonchev–Trinajstić information content (AvgIpc) is 3.75. The van der Waals surface area contributed by atoms with Gasteiger partial charge in [-0.15, -0.1) is 0 Å². The molecule has 7 aromatic rings. The standard InChI is InChI=1S/C44H37N3O3/c1-2-3-4-11-26-46-41-23-18-32(31-16-20-37(21-17-31)47(35-12-7-5-8-13-35)36-14-9-6-10-15-36)28-39(41)40-29-33(19-24-42(40)46)43-25-22-38(50-43)27-34(30-45)44(48)49/h5-10,12-25,27-29H,2-4,11,26H2,1H3,(H,48,49)/b34-27-. The third-order valence-corrected chi connectivity index (χ3v) is 9.14. The lowest BCUT2D eigenvalue weighted by atomic mass is 10.0. The Kier molecular flexibility index (Phi) is 9.30. The van der Waals surface area contributed by atoms with Crippen LogP contribution in [0.15, 0.2) is 143 Å². The number of benzene rings is 5. The maximum Gasteiger partial charge on any atom is 0.346 e. The summed E-state index contributed by atoms with van der Waals surface area (Å²) >= 11 is 0. The van der Waals surface area contributed by atoms with Gasteiger partial charge >= 0.3 is 5.97 Å². The Morgan fingerprint density at radius 1 is 0.720 bits per heavy atom. The van der Waals surface area contributed by atoms with Gasteiger partial charge in [0.15, 0.2) is 0 Å². The average molecular weight is 656 g/mol. The normalized spacial score (nSPS) is 11.6. The van der Waals surface area contributed by atoms with Gasteiger partial charge in [-0.25, -0.2) is 4.79 Å². The number of anilines is 3. The van der Waals surface area contributed by atoms with Crippen LogP contribution >= 0.6 is 0 Å². The zero-order chi connectivity index (χ0) is 34.5. The first-order valence-electron chi connectivity index (χ1n) is 17.1. The van der Waals surface area contributed by atoms with E-state index < -0.39 is 5.97 Å². The van der Waals surface area contributed by atoms with Gasteiger partial charge in [0.05, 0.1) is 0 Å². The molecule has 0 aliphatic rings. The molecule has 0 amide bonds. The lowest BCUT2D eigenvalue weighted by Crippen LogP contribution is -2.09. The van der Waals surface area contributed by atoms with E-state index in [1.54, 1.807) is 12.1 Å². The van der Waals surface area contributed by atoms with Crippen LogP contribution in [0.2, 0.25) is 0 Å². The van der Waals surface area contributed by atoms with Crippen LogP contribution in [-0.4, -0.2) is 15.6 Å². The molecule has 0 unspecified atom stereocenters. The Morgan fingerprint density at radius 3 is 1.90 bits per heavy atom. The fourth-order valence-electron chi connectivity index (χ4n) is 6.65. The molecule has 0 aliphatic carbocycles. The zero-order valence-electron chi connectivity index (χ0n) is 27.9. The third-order valence-electron chi connectivity index (χ3n) is 9.14. The van der Waals surface area contributed by atoms with Crippen molar-refractivity contribution in [2.75, 3.05) is 4.90 Å². The Morgan fingerprint density at radius 2 is 1.30 bits per heavy atom. The van der Waals surface area contributed by atoms with E-state index in [-0.39, 0.29) is 5.57 Å². The molecule has 2 aromatic heterocycles. The summed E-state index contributed by atoms with van der Waals surface area (Å²) in [5.41, 5.74) is 8.41. The van der Waals surface area contributed by atoms with Crippen molar-refractivity contribution in [2.24, 2.45) is 0 Å². The first-order chi connectivity index (χ1) is 24.5. The van der Waals surface area contributed by atoms with Crippen molar-refractivity contribution in [1.82, 2.24) is 4.57 Å². The van der Waals surface area contributed by atoms with Crippen molar-refractivity contribution in [3.05, 3.63) is 145 Å². The number of nitriles is 1. The highest BCUT2D eigenvalue weighted by atomic mass is 16.4. The number of unbranched alkanes of at least 4 members (excludes halogenated alkanes) is 3. The molecule has 7 rings (SSSR count). The number of carbonyl (C=O) groups is 1. The van der Waals surface area contributed by atoms with E-state index in [1.807, 2.05) is 24.3 Å². The number of nitrogens with zero attached hydrogens (tertiary/aromatic N) is 3. The Hall–Kier alpha value is -6.32. The summed E-state index contributed by atoms with van der Waals surface area (Å²) < 4.78 is 8.43. The quantitative estimate of drug-likeness (QED) is 0.0804. The van der Waals surface area contributed by atoms with Crippen molar-refractivity contribution in [3.8, 4) is 28.5 Å². The van der Waals surface area contributed by atoms with Crippen LogP contribution in [-0.2, 0) is 11.3 Å². The number of furan rings is 1. The minimum atomic E-state index is -1.28. The molecule has 50 heavy (non-hydrogen) atoms. The van der Waals surface area contributed by atoms with E-state index in [1.165, 1.54) is 41.8 Å². The van der Waals surface area contributed by atoms with Gasteiger partial charge < -0.3 is 19.0 Å². The number of rotatable bonds is 12. The molecule has 0 atom stereocenters. The SMILES string of the molecule is CCCCCCn1c2ccc(-c3ccc(N(c4ccccc4)c4ccccc4)cc3)cc2c2cc(-c3ccc(/C=C(/C#N)C(=O)O)o3)ccc21. The molecule has 0 saturated carbocycles. The fraction of sp³-hybridized carbons (Fsp3) is 0.136. The van der Waals surface area contributed by atoms with Crippen LogP contribution in [0.5, 0.6) is 0 Å². The fourth-order valence-corrected chi connectivity index (χ4v) is 6.65. The molecular weight excluding hydrogens is 619 g/mol. The molecule has 6 heteroatoms. The molecular formula is C44H37N3O3. The van der Waals surface area contributed by atoms with Gasteiger partial charge in [0.25, 0.3) is 0 Å². The third kappa shape index (κ3) is 6.54. The maximum atomic E-state index is 11.4. The van der Waals surface area contributed by atoms with Gasteiger partial charge in [-0.2, -0.15) is 5.26 Å². The zero-order valence-corrected chi connectivity index (χ0v) is 27.9. The molecule has 6 nitrogen and oxygen atoms in total. The van der Waals surface area contributed by atoms with Gasteiger partial charge in [-0.1, -0.05) is 80.8 Å². The van der Waals surface area contributed by atoms with Gasteiger partial charge in [-0.3, -0.25) is 0 Å². The van der Waals surface area contributed by atoms with Crippen LogP contribution in [0, 0.1) is 11.3 Å². The van der Waals surface area contributed by atoms with E-state index in [9.17, 15) is 15.2 Å². The second-order valence-electron chi connectivity index (χ2n) is 12.4. The molecule has 0 spiro atoms. The molecule has 246 valence electrons. The summed E-state index contributed by atoms with van der Waals surface area (Å²) in [6.07, 6.45) is 5.96. The highest BCUT2D eigenvalue weighted by Gasteiger charge is 2.16. The maximum absolute atomic E-state index is 11.4. The summed E-state index contributed by atoms with van der Waals surface area (Å²) in [4.78, 5) is 13.6. The lowest BCUT2D eigenvalue weighted by Gasteiger charge is -2.25. The molecule has 0 radical (unpaired) electrons. The first-order valence-corrected chi connectivity index (χ1v) is 17.1. The molecule has 5 aromatic carbocycles. The first kappa shape index (κ1) is 32.2. The van der Waals surface area contributed by atoms with Crippen molar-refractivity contribution >= 4 is 50.9 Å². The van der Waals surface area contributed by atoms with E-state index in [0.29, 0.717) is 11.5 Å². The number of aliphatic carboxylic acids is 1. The summed E-state index contributed by atoms with van der Waals surface area (Å²) in [6, 6.07) is 47.9. The van der Waals surface area contributed by atoms with Gasteiger partial charge in [0, 0.05) is 57.1 Å². The number of aromatic nitrogens is 1. The van der Waals surface area contributed by atoms with Crippen molar-refractivity contribution in [3.63, 3.8) is 0 Å². The Bertz CT molecular complexity index is 2300. The van der Waals surface area contributed by atoms with E-state index in [4.69, 9.17) is 4.42 Å². The topological polar surface area (TPSA) is 82.4 Å². The van der Waals surface area contributed by atoms with Crippen molar-refractivity contribution < 1.29 is 14.3 Å². The summed E-state index contributed by atoms with van der Waals surface area (Å²) in [7, 11) is 0. The van der Waals surface area contributed by atoms with Crippen LogP contribution in [0.4, 0.5) is 17.1 Å². The van der Waals surface area contributed by atoms with Gasteiger partial charge in [-0.05, 0) is 96.4 Å². The molecule has 1 N–H and O–H groups in total. The van der Waals surface area contributed by atoms with E-state index in [2.05, 4.69) is 120 Å². The van der Waals surface area contributed by atoms with E-state index in [0.717, 1.165) is 52.1 Å². The smallest absolute Gasteiger partial charge is 0.346 e. The number of carboxylic acids is 1. The molecule has 0 fully saturated rings. The minimum absolute atomic E-state index is 0.321. The Labute approximate surface area is 291 Å². The van der Waals surface area contributed by atoms with Crippen molar-refractivity contribution in [2.45, 2.75) is 39.2 Å². The molecule has 0 saturated heterocycles. The van der Waals surface area contributed by atoms with Crippen LogP contribution in [0.1, 0.15) is 38.4 Å². The molecule has 0 bridgehead atoms.